The minimum Gasteiger partial charge on any atom is -0.489 e. The minimum atomic E-state index is 0.181. The van der Waals surface area contributed by atoms with Crippen LogP contribution in [-0.4, -0.2) is 18.4 Å². The van der Waals surface area contributed by atoms with Crippen molar-refractivity contribution in [2.45, 2.75) is 12.8 Å². The van der Waals surface area contributed by atoms with E-state index in [1.165, 1.54) is 0 Å². The number of hydrogen-bond donors (Lipinski definition) is 1. The van der Waals surface area contributed by atoms with Crippen LogP contribution in [0.4, 0.5) is 5.88 Å². The fraction of sp³-hybridized carbons (Fsp3) is 0.357. The number of nitrogens with zero attached hydrogens (tertiary/aromatic N) is 1. The summed E-state index contributed by atoms with van der Waals surface area (Å²) >= 11 is 6.30. The summed E-state index contributed by atoms with van der Waals surface area (Å²) in [6.45, 7) is 1.33. The smallest absolute Gasteiger partial charge is 0.222 e. The molecule has 4 rings (SSSR count). The minimum absolute atomic E-state index is 0.181. The highest BCUT2D eigenvalue weighted by Gasteiger charge is 2.46. The van der Waals surface area contributed by atoms with Gasteiger partial charge in [-0.2, -0.15) is 0 Å². The molecule has 0 atom stereocenters. The molecular weight excluding hydrogens is 280 g/mol. The van der Waals surface area contributed by atoms with E-state index in [1.807, 2.05) is 6.07 Å². The highest BCUT2D eigenvalue weighted by Crippen LogP contribution is 2.51. The summed E-state index contributed by atoms with van der Waals surface area (Å²) in [6, 6.07) is 5.30. The summed E-state index contributed by atoms with van der Waals surface area (Å²) in [7, 11) is 0. The fourth-order valence-corrected chi connectivity index (χ4v) is 2.62. The van der Waals surface area contributed by atoms with Crippen molar-refractivity contribution in [3.05, 3.63) is 23.2 Å². The van der Waals surface area contributed by atoms with Gasteiger partial charge in [0, 0.05) is 17.0 Å². The zero-order valence-electron chi connectivity index (χ0n) is 10.7. The van der Waals surface area contributed by atoms with Crippen molar-refractivity contribution in [3.8, 4) is 22.8 Å². The van der Waals surface area contributed by atoms with Crippen LogP contribution in [0.1, 0.15) is 12.8 Å². The van der Waals surface area contributed by atoms with Crippen LogP contribution < -0.4 is 15.2 Å². The van der Waals surface area contributed by atoms with E-state index < -0.39 is 0 Å². The second-order valence-electron chi connectivity index (χ2n) is 5.48. The Bertz CT molecular complexity index is 679. The first-order valence-electron chi connectivity index (χ1n) is 6.47. The van der Waals surface area contributed by atoms with E-state index in [-0.39, 0.29) is 11.3 Å². The second kappa shape index (κ2) is 4.06. The topological polar surface area (TPSA) is 70.5 Å². The number of rotatable bonds is 1. The molecule has 2 aromatic rings. The molecule has 20 heavy (non-hydrogen) atoms. The van der Waals surface area contributed by atoms with Crippen LogP contribution in [0.25, 0.3) is 11.3 Å². The van der Waals surface area contributed by atoms with E-state index in [9.17, 15) is 0 Å². The molecule has 0 unspecified atom stereocenters. The van der Waals surface area contributed by atoms with Crippen molar-refractivity contribution in [2.24, 2.45) is 5.41 Å². The molecule has 0 saturated heterocycles. The van der Waals surface area contributed by atoms with Gasteiger partial charge in [0.25, 0.3) is 0 Å². The van der Waals surface area contributed by atoms with Gasteiger partial charge >= 0.3 is 0 Å². The van der Waals surface area contributed by atoms with Gasteiger partial charge in [0.2, 0.25) is 5.88 Å². The number of fused-ring (bicyclic) bond motifs is 1. The van der Waals surface area contributed by atoms with Gasteiger partial charge in [0.15, 0.2) is 11.5 Å². The van der Waals surface area contributed by atoms with E-state index in [4.69, 9.17) is 31.3 Å². The molecule has 1 aliphatic carbocycles. The first-order chi connectivity index (χ1) is 9.65. The molecule has 6 heteroatoms. The summed E-state index contributed by atoms with van der Waals surface area (Å²) in [4.78, 5) is 0. The van der Waals surface area contributed by atoms with E-state index in [1.54, 1.807) is 12.1 Å². The van der Waals surface area contributed by atoms with Gasteiger partial charge < -0.3 is 19.7 Å². The predicted molar refractivity (Wildman–Crippen MR) is 74.0 cm³/mol. The van der Waals surface area contributed by atoms with Gasteiger partial charge in [-0.15, -0.1) is 0 Å². The Hall–Kier alpha value is -1.88. The average Bonchev–Trinajstić information content (AvgIpc) is 3.12. The van der Waals surface area contributed by atoms with Gasteiger partial charge in [-0.1, -0.05) is 16.8 Å². The number of aromatic nitrogens is 1. The summed E-state index contributed by atoms with van der Waals surface area (Å²) < 4.78 is 16.6. The molecule has 0 radical (unpaired) electrons. The van der Waals surface area contributed by atoms with Crippen LogP contribution in [0.3, 0.4) is 0 Å². The van der Waals surface area contributed by atoms with Gasteiger partial charge in [-0.25, -0.2) is 0 Å². The molecule has 2 N–H and O–H groups in total. The summed E-state index contributed by atoms with van der Waals surface area (Å²) in [6.07, 6.45) is 2.29. The van der Waals surface area contributed by atoms with Crippen molar-refractivity contribution in [3.63, 3.8) is 0 Å². The lowest BCUT2D eigenvalue weighted by atomic mass is 10.1. The average molecular weight is 293 g/mol. The van der Waals surface area contributed by atoms with Crippen molar-refractivity contribution in [1.82, 2.24) is 5.16 Å². The summed E-state index contributed by atoms with van der Waals surface area (Å²) in [5, 5.41) is 4.40. The molecular formula is C14H13ClN2O3. The normalized spacial score (nSPS) is 18.9. The van der Waals surface area contributed by atoms with Crippen molar-refractivity contribution < 1.29 is 14.0 Å². The zero-order chi connectivity index (χ0) is 13.7. The second-order valence-corrected chi connectivity index (χ2v) is 5.88. The molecule has 1 spiro atoms. The van der Waals surface area contributed by atoms with Crippen molar-refractivity contribution in [1.29, 1.82) is 0 Å². The monoisotopic (exact) mass is 292 g/mol. The van der Waals surface area contributed by atoms with E-state index in [2.05, 4.69) is 5.16 Å². The molecule has 5 nitrogen and oxygen atoms in total. The van der Waals surface area contributed by atoms with Crippen molar-refractivity contribution >= 4 is 17.5 Å². The number of nitrogen functional groups attached to an aromatic ring is 1. The lowest BCUT2D eigenvalue weighted by molar-refractivity contribution is 0.197. The Morgan fingerprint density at radius 2 is 1.95 bits per heavy atom. The van der Waals surface area contributed by atoms with Crippen LogP contribution in [0.5, 0.6) is 11.5 Å². The maximum Gasteiger partial charge on any atom is 0.222 e. The highest BCUT2D eigenvalue weighted by molar-refractivity contribution is 6.32. The standard InChI is InChI=1S/C14H13ClN2O3/c15-9-3-8(10-5-12(16)20-17-10)4-11-13(9)19-7-14(1-2-14)6-18-11/h3-5H,1-2,6-7,16H2. The molecule has 1 saturated carbocycles. The lowest BCUT2D eigenvalue weighted by Gasteiger charge is -2.10. The Labute approximate surface area is 120 Å². The molecule has 1 aromatic carbocycles. The number of hydrogen-bond acceptors (Lipinski definition) is 5. The Morgan fingerprint density at radius 1 is 1.15 bits per heavy atom. The van der Waals surface area contributed by atoms with Crippen molar-refractivity contribution in [2.75, 3.05) is 18.9 Å². The molecule has 2 aliphatic rings. The fourth-order valence-electron chi connectivity index (χ4n) is 2.35. The molecule has 0 amide bonds. The first-order valence-corrected chi connectivity index (χ1v) is 6.85. The predicted octanol–water partition coefficient (Wildman–Crippen LogP) is 3.13. The SMILES string of the molecule is Nc1cc(-c2cc(Cl)c3c(c2)OCC2(CC2)CO3)no1. The van der Waals surface area contributed by atoms with Gasteiger partial charge in [0.05, 0.1) is 18.2 Å². The number of nitrogens with two attached hydrogens (primary N) is 1. The maximum absolute atomic E-state index is 6.30. The summed E-state index contributed by atoms with van der Waals surface area (Å²) in [5.41, 5.74) is 7.15. The number of anilines is 1. The van der Waals surface area contributed by atoms with Gasteiger partial charge in [-0.05, 0) is 25.0 Å². The molecule has 1 aromatic heterocycles. The Balaban J connectivity index is 1.75. The third-order valence-corrected chi connectivity index (χ3v) is 4.13. The molecule has 1 fully saturated rings. The van der Waals surface area contributed by atoms with Gasteiger partial charge in [0.1, 0.15) is 5.69 Å². The summed E-state index contributed by atoms with van der Waals surface area (Å²) in [5.74, 6) is 1.52. The largest absolute Gasteiger partial charge is 0.489 e. The zero-order valence-corrected chi connectivity index (χ0v) is 11.4. The maximum atomic E-state index is 6.30. The molecule has 2 heterocycles. The number of halogens is 1. The Morgan fingerprint density at radius 3 is 2.65 bits per heavy atom. The molecule has 1 aliphatic heterocycles. The molecule has 104 valence electrons. The third-order valence-electron chi connectivity index (χ3n) is 3.85. The van der Waals surface area contributed by atoms with E-state index >= 15 is 0 Å². The quantitative estimate of drug-likeness (QED) is 0.874. The van der Waals surface area contributed by atoms with Crippen LogP contribution in [0.2, 0.25) is 5.02 Å². The number of benzene rings is 1. The van der Waals surface area contributed by atoms with E-state index in [0.717, 1.165) is 18.4 Å². The third kappa shape index (κ3) is 1.89. The van der Waals surface area contributed by atoms with Crippen LogP contribution in [0.15, 0.2) is 22.7 Å². The Kier molecular flexibility index (Phi) is 2.41. The van der Waals surface area contributed by atoms with Crippen LogP contribution >= 0.6 is 11.6 Å². The first kappa shape index (κ1) is 11.9. The van der Waals surface area contributed by atoms with Crippen LogP contribution in [0, 0.1) is 5.41 Å². The highest BCUT2D eigenvalue weighted by atomic mass is 35.5. The van der Waals surface area contributed by atoms with Crippen LogP contribution in [-0.2, 0) is 0 Å². The lowest BCUT2D eigenvalue weighted by Crippen LogP contribution is -2.17. The molecule has 0 bridgehead atoms. The number of ether oxygens (including phenoxy) is 2. The van der Waals surface area contributed by atoms with E-state index in [0.29, 0.717) is 35.4 Å². The van der Waals surface area contributed by atoms with Gasteiger partial charge in [-0.3, -0.25) is 0 Å².